The van der Waals surface area contributed by atoms with Crippen molar-refractivity contribution in [2.24, 2.45) is 0 Å². The van der Waals surface area contributed by atoms with Crippen molar-refractivity contribution >= 4 is 16.3 Å². The number of thiazole rings is 1. The van der Waals surface area contributed by atoms with Crippen molar-refractivity contribution in [3.63, 3.8) is 0 Å². The van der Waals surface area contributed by atoms with Crippen LogP contribution in [0.1, 0.15) is 28.7 Å². The molecule has 1 N–H and O–H groups in total. The van der Waals surface area contributed by atoms with Crippen LogP contribution < -0.4 is 0 Å². The molecule has 0 aliphatic heterocycles. The molecule has 0 aliphatic rings. The van der Waals surface area contributed by atoms with E-state index in [1.165, 1.54) is 0 Å². The van der Waals surface area contributed by atoms with Crippen molar-refractivity contribution < 1.29 is 5.11 Å². The Bertz CT molecular complexity index is 690. The molecular weight excluding hydrogens is 260 g/mol. The van der Waals surface area contributed by atoms with Crippen molar-refractivity contribution in [1.29, 1.82) is 0 Å². The zero-order chi connectivity index (χ0) is 13.4. The number of fused-ring (bicyclic) bond motifs is 1. The first kappa shape index (κ1) is 12.3. The summed E-state index contributed by atoms with van der Waals surface area (Å²) in [5.41, 5.74) is 3.28. The fourth-order valence-corrected chi connectivity index (χ4v) is 2.81. The van der Waals surface area contributed by atoms with Gasteiger partial charge in [-0.15, -0.1) is 11.3 Å². The summed E-state index contributed by atoms with van der Waals surface area (Å²) in [6.45, 7) is 3.73. The Balaban J connectivity index is 1.86. The Kier molecular flexibility index (Phi) is 3.04. The first-order valence-corrected chi connectivity index (χ1v) is 6.91. The minimum atomic E-state index is -0.598. The maximum Gasteiger partial charge on any atom is 0.193 e. The second kappa shape index (κ2) is 4.71. The van der Waals surface area contributed by atoms with Gasteiger partial charge >= 0.3 is 0 Å². The zero-order valence-corrected chi connectivity index (χ0v) is 11.6. The van der Waals surface area contributed by atoms with E-state index in [-0.39, 0.29) is 0 Å². The Morgan fingerprint density at radius 1 is 1.37 bits per heavy atom. The highest BCUT2D eigenvalue weighted by atomic mass is 32.1. The molecule has 3 aromatic heterocycles. The van der Waals surface area contributed by atoms with Gasteiger partial charge in [-0.2, -0.15) is 10.2 Å². The predicted molar refractivity (Wildman–Crippen MR) is 73.2 cm³/mol. The van der Waals surface area contributed by atoms with Crippen LogP contribution in [0, 0.1) is 13.8 Å². The monoisotopic (exact) mass is 274 g/mol. The van der Waals surface area contributed by atoms with Crippen LogP contribution in [-0.2, 0) is 6.42 Å². The number of aromatic nitrogens is 4. The van der Waals surface area contributed by atoms with Gasteiger partial charge in [-0.05, 0) is 19.9 Å². The van der Waals surface area contributed by atoms with E-state index in [1.807, 2.05) is 42.1 Å². The second-order valence-corrected chi connectivity index (χ2v) is 5.44. The summed E-state index contributed by atoms with van der Waals surface area (Å²) < 4.78 is 1.97. The minimum Gasteiger partial charge on any atom is -0.388 e. The average Bonchev–Trinajstić information content (AvgIpc) is 2.92. The molecule has 1 atom stereocenters. The lowest BCUT2D eigenvalue weighted by atomic mass is 10.0. The molecule has 0 radical (unpaired) electrons. The standard InChI is InChI=1S/C13H14N4OS/c1-8-5-11(9(2)16-15-8)12(18)6-10-7-17-3-4-19-13(17)14-10/h3-5,7,12,18H,6H2,1-2H3. The number of aliphatic hydroxyl groups is 1. The highest BCUT2D eigenvalue weighted by Gasteiger charge is 2.15. The van der Waals surface area contributed by atoms with Crippen molar-refractivity contribution in [3.8, 4) is 0 Å². The van der Waals surface area contributed by atoms with Crippen molar-refractivity contribution in [3.05, 3.63) is 46.5 Å². The Labute approximate surface area is 114 Å². The first-order chi connectivity index (χ1) is 9.13. The van der Waals surface area contributed by atoms with E-state index in [9.17, 15) is 5.11 Å². The molecule has 0 spiro atoms. The molecule has 0 saturated carbocycles. The topological polar surface area (TPSA) is 63.3 Å². The molecule has 3 aromatic rings. The summed E-state index contributed by atoms with van der Waals surface area (Å²) in [5, 5.41) is 20.3. The molecule has 0 aliphatic carbocycles. The smallest absolute Gasteiger partial charge is 0.193 e. The molecule has 0 saturated heterocycles. The third-order valence-electron chi connectivity index (χ3n) is 3.04. The molecule has 6 heteroatoms. The van der Waals surface area contributed by atoms with E-state index in [2.05, 4.69) is 15.2 Å². The van der Waals surface area contributed by atoms with E-state index < -0.39 is 6.10 Å². The summed E-state index contributed by atoms with van der Waals surface area (Å²) in [6, 6.07) is 1.88. The minimum absolute atomic E-state index is 0.486. The molecule has 1 unspecified atom stereocenters. The SMILES string of the molecule is Cc1cc(C(O)Cc2cn3ccsc3n2)c(C)nn1. The quantitative estimate of drug-likeness (QED) is 0.794. The largest absolute Gasteiger partial charge is 0.388 e. The van der Waals surface area contributed by atoms with Crippen LogP contribution in [0.3, 0.4) is 0 Å². The van der Waals surface area contributed by atoms with Gasteiger partial charge in [0.2, 0.25) is 0 Å². The first-order valence-electron chi connectivity index (χ1n) is 6.03. The van der Waals surface area contributed by atoms with Gasteiger partial charge in [0.1, 0.15) is 0 Å². The summed E-state index contributed by atoms with van der Waals surface area (Å²) >= 11 is 1.58. The lowest BCUT2D eigenvalue weighted by molar-refractivity contribution is 0.176. The number of nitrogens with zero attached hydrogens (tertiary/aromatic N) is 4. The summed E-state index contributed by atoms with van der Waals surface area (Å²) in [7, 11) is 0. The number of hydrogen-bond acceptors (Lipinski definition) is 5. The number of imidazole rings is 1. The van der Waals surface area contributed by atoms with Crippen molar-refractivity contribution in [2.75, 3.05) is 0 Å². The van der Waals surface area contributed by atoms with Crippen LogP contribution in [0.4, 0.5) is 0 Å². The Hall–Kier alpha value is -1.79. The van der Waals surface area contributed by atoms with Gasteiger partial charge in [-0.25, -0.2) is 4.98 Å². The molecule has 0 aromatic carbocycles. The summed E-state index contributed by atoms with van der Waals surface area (Å²) in [5.74, 6) is 0. The van der Waals surface area contributed by atoms with Crippen LogP contribution in [0.25, 0.3) is 4.96 Å². The van der Waals surface area contributed by atoms with Crippen LogP contribution in [-0.4, -0.2) is 24.7 Å². The van der Waals surface area contributed by atoms with Gasteiger partial charge in [0.15, 0.2) is 4.96 Å². The highest BCUT2D eigenvalue weighted by Crippen LogP contribution is 2.21. The Morgan fingerprint density at radius 3 is 3.00 bits per heavy atom. The van der Waals surface area contributed by atoms with Gasteiger partial charge < -0.3 is 5.11 Å². The van der Waals surface area contributed by atoms with E-state index in [1.54, 1.807) is 11.3 Å². The van der Waals surface area contributed by atoms with E-state index in [0.717, 1.165) is 27.6 Å². The fourth-order valence-electron chi connectivity index (χ4n) is 2.09. The predicted octanol–water partition coefficient (Wildman–Crippen LogP) is 2.08. The maximum absolute atomic E-state index is 10.3. The van der Waals surface area contributed by atoms with Crippen LogP contribution in [0.2, 0.25) is 0 Å². The third kappa shape index (κ3) is 2.36. The summed E-state index contributed by atoms with van der Waals surface area (Å²) in [6.07, 6.45) is 3.80. The second-order valence-electron chi connectivity index (χ2n) is 4.57. The molecule has 3 heterocycles. The number of hydrogen-bond donors (Lipinski definition) is 1. The van der Waals surface area contributed by atoms with Gasteiger partial charge in [-0.1, -0.05) is 0 Å². The van der Waals surface area contributed by atoms with E-state index in [4.69, 9.17) is 0 Å². The molecule has 5 nitrogen and oxygen atoms in total. The molecule has 19 heavy (non-hydrogen) atoms. The average molecular weight is 274 g/mol. The van der Waals surface area contributed by atoms with Crippen LogP contribution in [0.15, 0.2) is 23.8 Å². The Morgan fingerprint density at radius 2 is 2.21 bits per heavy atom. The van der Waals surface area contributed by atoms with Crippen LogP contribution in [0.5, 0.6) is 0 Å². The lowest BCUT2D eigenvalue weighted by Gasteiger charge is -2.11. The van der Waals surface area contributed by atoms with Gasteiger partial charge in [0.05, 0.1) is 23.2 Å². The van der Waals surface area contributed by atoms with Crippen molar-refractivity contribution in [2.45, 2.75) is 26.4 Å². The fraction of sp³-hybridized carbons (Fsp3) is 0.308. The van der Waals surface area contributed by atoms with Crippen molar-refractivity contribution in [1.82, 2.24) is 19.6 Å². The van der Waals surface area contributed by atoms with E-state index >= 15 is 0 Å². The highest BCUT2D eigenvalue weighted by molar-refractivity contribution is 7.15. The molecule has 0 amide bonds. The molecule has 0 fully saturated rings. The zero-order valence-electron chi connectivity index (χ0n) is 10.7. The van der Waals surface area contributed by atoms with E-state index in [0.29, 0.717) is 6.42 Å². The lowest BCUT2D eigenvalue weighted by Crippen LogP contribution is -2.07. The normalized spacial score (nSPS) is 13.0. The summed E-state index contributed by atoms with van der Waals surface area (Å²) in [4.78, 5) is 5.42. The number of rotatable bonds is 3. The number of aryl methyl sites for hydroxylation is 2. The molecule has 0 bridgehead atoms. The third-order valence-corrected chi connectivity index (χ3v) is 3.82. The maximum atomic E-state index is 10.3. The molecule has 98 valence electrons. The van der Waals surface area contributed by atoms with Gasteiger partial charge in [0, 0.05) is 29.8 Å². The molecular formula is C13H14N4OS. The van der Waals surface area contributed by atoms with Crippen LogP contribution >= 0.6 is 11.3 Å². The van der Waals surface area contributed by atoms with Gasteiger partial charge in [0.25, 0.3) is 0 Å². The number of aliphatic hydroxyl groups excluding tert-OH is 1. The van der Waals surface area contributed by atoms with Gasteiger partial charge in [-0.3, -0.25) is 4.40 Å². The molecule has 3 rings (SSSR count).